The van der Waals surface area contributed by atoms with E-state index < -0.39 is 4.92 Å². The van der Waals surface area contributed by atoms with Gasteiger partial charge in [0.2, 0.25) is 5.13 Å². The molecule has 8 heteroatoms. The van der Waals surface area contributed by atoms with E-state index in [4.69, 9.17) is 0 Å². The standard InChI is InChI=1S/C12H14N4O2S2/c1-2-7-13-12-15-14-11(20-12)8-19-10-5-3-9(4-6-10)16(17)18/h3-6H,2,7-8H2,1H3,(H,13,15). The van der Waals surface area contributed by atoms with E-state index in [1.807, 2.05) is 0 Å². The van der Waals surface area contributed by atoms with E-state index in [-0.39, 0.29) is 5.69 Å². The second kappa shape index (κ2) is 7.20. The number of thioether (sulfide) groups is 1. The molecule has 0 unspecified atom stereocenters. The molecule has 1 aromatic carbocycles. The Labute approximate surface area is 124 Å². The average Bonchev–Trinajstić information content (AvgIpc) is 2.91. The van der Waals surface area contributed by atoms with E-state index in [1.54, 1.807) is 23.9 Å². The van der Waals surface area contributed by atoms with E-state index in [0.717, 1.165) is 28.0 Å². The second-order valence-electron chi connectivity index (χ2n) is 3.97. The molecule has 1 N–H and O–H groups in total. The predicted octanol–water partition coefficient (Wildman–Crippen LogP) is 3.56. The molecule has 0 aliphatic carbocycles. The first-order chi connectivity index (χ1) is 9.69. The van der Waals surface area contributed by atoms with Crippen LogP contribution in [0.15, 0.2) is 29.2 Å². The number of rotatable bonds is 7. The van der Waals surface area contributed by atoms with E-state index >= 15 is 0 Å². The molecular weight excluding hydrogens is 296 g/mol. The second-order valence-corrected chi connectivity index (χ2v) is 6.08. The van der Waals surface area contributed by atoms with Crippen molar-refractivity contribution >= 4 is 33.9 Å². The fraction of sp³-hybridized carbons (Fsp3) is 0.333. The molecule has 2 rings (SSSR count). The zero-order valence-corrected chi connectivity index (χ0v) is 12.5. The van der Waals surface area contributed by atoms with Gasteiger partial charge in [0, 0.05) is 23.6 Å². The number of non-ortho nitro benzene ring substituents is 1. The van der Waals surface area contributed by atoms with Gasteiger partial charge in [-0.15, -0.1) is 22.0 Å². The van der Waals surface area contributed by atoms with Gasteiger partial charge >= 0.3 is 0 Å². The van der Waals surface area contributed by atoms with Gasteiger partial charge in [0.25, 0.3) is 5.69 Å². The highest BCUT2D eigenvalue weighted by Gasteiger charge is 2.06. The zero-order chi connectivity index (χ0) is 14.4. The van der Waals surface area contributed by atoms with Crippen LogP contribution < -0.4 is 5.32 Å². The lowest BCUT2D eigenvalue weighted by atomic mass is 10.3. The molecule has 106 valence electrons. The molecule has 0 spiro atoms. The minimum Gasteiger partial charge on any atom is -0.360 e. The minimum atomic E-state index is -0.398. The Balaban J connectivity index is 1.88. The van der Waals surface area contributed by atoms with Crippen LogP contribution in [0.4, 0.5) is 10.8 Å². The third kappa shape index (κ3) is 4.17. The van der Waals surface area contributed by atoms with Gasteiger partial charge in [-0.2, -0.15) is 0 Å². The van der Waals surface area contributed by atoms with Crippen molar-refractivity contribution in [1.29, 1.82) is 0 Å². The third-order valence-electron chi connectivity index (χ3n) is 2.40. The van der Waals surface area contributed by atoms with Crippen LogP contribution in [0.1, 0.15) is 18.4 Å². The molecule has 6 nitrogen and oxygen atoms in total. The summed E-state index contributed by atoms with van der Waals surface area (Å²) in [6.45, 7) is 2.99. The summed E-state index contributed by atoms with van der Waals surface area (Å²) in [5, 5.41) is 23.7. The van der Waals surface area contributed by atoms with Crippen molar-refractivity contribution in [1.82, 2.24) is 10.2 Å². The third-order valence-corrected chi connectivity index (χ3v) is 4.49. The molecule has 0 amide bonds. The number of aromatic nitrogens is 2. The highest BCUT2D eigenvalue weighted by atomic mass is 32.2. The normalized spacial score (nSPS) is 10.4. The number of nitro benzene ring substituents is 1. The van der Waals surface area contributed by atoms with Gasteiger partial charge in [0.1, 0.15) is 5.01 Å². The van der Waals surface area contributed by atoms with Crippen molar-refractivity contribution < 1.29 is 4.92 Å². The maximum absolute atomic E-state index is 10.6. The van der Waals surface area contributed by atoms with Crippen molar-refractivity contribution in [2.24, 2.45) is 0 Å². The summed E-state index contributed by atoms with van der Waals surface area (Å²) in [7, 11) is 0. The highest BCUT2D eigenvalue weighted by molar-refractivity contribution is 7.98. The molecule has 0 bridgehead atoms. The number of nitrogens with zero attached hydrogens (tertiary/aromatic N) is 3. The molecule has 0 saturated carbocycles. The Kier molecular flexibility index (Phi) is 5.31. The molecule has 1 heterocycles. The molecule has 0 fully saturated rings. The Bertz CT molecular complexity index is 571. The van der Waals surface area contributed by atoms with Gasteiger partial charge in [-0.25, -0.2) is 0 Å². The zero-order valence-electron chi connectivity index (χ0n) is 10.9. The lowest BCUT2D eigenvalue weighted by Gasteiger charge is -1.98. The van der Waals surface area contributed by atoms with Crippen molar-refractivity contribution in [3.63, 3.8) is 0 Å². The fourth-order valence-corrected chi connectivity index (χ4v) is 3.07. The first kappa shape index (κ1) is 14.7. The summed E-state index contributed by atoms with van der Waals surface area (Å²) in [6, 6.07) is 6.52. The monoisotopic (exact) mass is 310 g/mol. The van der Waals surface area contributed by atoms with Crippen LogP contribution in [0.2, 0.25) is 0 Å². The molecule has 0 saturated heterocycles. The SMILES string of the molecule is CCCNc1nnc(CSc2ccc([N+](=O)[O-])cc2)s1. The first-order valence-corrected chi connectivity index (χ1v) is 7.92. The van der Waals surface area contributed by atoms with Gasteiger partial charge in [0.05, 0.1) is 10.7 Å². The van der Waals surface area contributed by atoms with Crippen LogP contribution in [0, 0.1) is 10.1 Å². The summed E-state index contributed by atoms with van der Waals surface area (Å²) in [6.07, 6.45) is 1.05. The average molecular weight is 310 g/mol. The van der Waals surface area contributed by atoms with Crippen LogP contribution in [0.5, 0.6) is 0 Å². The van der Waals surface area contributed by atoms with Gasteiger partial charge in [-0.05, 0) is 18.6 Å². The van der Waals surface area contributed by atoms with Crippen LogP contribution >= 0.6 is 23.1 Å². The smallest absolute Gasteiger partial charge is 0.269 e. The van der Waals surface area contributed by atoms with Crippen LogP contribution in [-0.4, -0.2) is 21.7 Å². The van der Waals surface area contributed by atoms with Crippen LogP contribution in [-0.2, 0) is 5.75 Å². The van der Waals surface area contributed by atoms with E-state index in [0.29, 0.717) is 5.75 Å². The number of nitro groups is 1. The topological polar surface area (TPSA) is 81.0 Å². The van der Waals surface area contributed by atoms with E-state index in [1.165, 1.54) is 23.5 Å². The molecule has 0 atom stereocenters. The molecular formula is C12H14N4O2S2. The van der Waals surface area contributed by atoms with Crippen molar-refractivity contribution in [2.75, 3.05) is 11.9 Å². The Hall–Kier alpha value is -1.67. The minimum absolute atomic E-state index is 0.108. The Morgan fingerprint density at radius 1 is 1.35 bits per heavy atom. The van der Waals surface area contributed by atoms with Gasteiger partial charge in [0.15, 0.2) is 0 Å². The van der Waals surface area contributed by atoms with Gasteiger partial charge < -0.3 is 5.32 Å². The maximum atomic E-state index is 10.6. The fourth-order valence-electron chi connectivity index (χ4n) is 1.42. The largest absolute Gasteiger partial charge is 0.360 e. The highest BCUT2D eigenvalue weighted by Crippen LogP contribution is 2.27. The van der Waals surface area contributed by atoms with Crippen molar-refractivity contribution in [3.8, 4) is 0 Å². The summed E-state index contributed by atoms with van der Waals surface area (Å²) in [5.74, 6) is 0.712. The summed E-state index contributed by atoms with van der Waals surface area (Å²) in [4.78, 5) is 11.1. The van der Waals surface area contributed by atoms with Gasteiger partial charge in [-0.1, -0.05) is 18.3 Å². The van der Waals surface area contributed by atoms with Crippen molar-refractivity contribution in [3.05, 3.63) is 39.4 Å². The molecule has 2 aromatic rings. The summed E-state index contributed by atoms with van der Waals surface area (Å²) < 4.78 is 0. The molecule has 20 heavy (non-hydrogen) atoms. The van der Waals surface area contributed by atoms with Crippen LogP contribution in [0.25, 0.3) is 0 Å². The number of anilines is 1. The summed E-state index contributed by atoms with van der Waals surface area (Å²) in [5.41, 5.74) is 0.108. The molecule has 1 aromatic heterocycles. The Morgan fingerprint density at radius 2 is 2.10 bits per heavy atom. The lowest BCUT2D eigenvalue weighted by molar-refractivity contribution is -0.384. The van der Waals surface area contributed by atoms with E-state index in [9.17, 15) is 10.1 Å². The van der Waals surface area contributed by atoms with Gasteiger partial charge in [-0.3, -0.25) is 10.1 Å². The maximum Gasteiger partial charge on any atom is 0.269 e. The van der Waals surface area contributed by atoms with E-state index in [2.05, 4.69) is 22.4 Å². The lowest BCUT2D eigenvalue weighted by Crippen LogP contribution is -1.98. The number of hydrogen-bond donors (Lipinski definition) is 1. The Morgan fingerprint density at radius 3 is 2.75 bits per heavy atom. The van der Waals surface area contributed by atoms with Crippen molar-refractivity contribution in [2.45, 2.75) is 24.0 Å². The quantitative estimate of drug-likeness (QED) is 0.478. The summed E-state index contributed by atoms with van der Waals surface area (Å²) >= 11 is 3.13. The molecule has 0 aliphatic heterocycles. The predicted molar refractivity (Wildman–Crippen MR) is 81.3 cm³/mol. The number of nitrogens with one attached hydrogen (secondary N) is 1. The molecule has 0 aliphatic rings. The van der Waals surface area contributed by atoms with Crippen LogP contribution in [0.3, 0.4) is 0 Å². The number of hydrogen-bond acceptors (Lipinski definition) is 7. The molecule has 0 radical (unpaired) electrons. The first-order valence-electron chi connectivity index (χ1n) is 6.12. The number of benzene rings is 1.